The number of anilines is 1. The molecule has 132 valence electrons. The molecule has 25 heavy (non-hydrogen) atoms. The van der Waals surface area contributed by atoms with Gasteiger partial charge in [0.05, 0.1) is 22.2 Å². The number of nitrogens with one attached hydrogen (secondary N) is 1. The van der Waals surface area contributed by atoms with E-state index in [9.17, 15) is 13.2 Å². The molecule has 3 rings (SSSR count). The molecule has 1 heterocycles. The summed E-state index contributed by atoms with van der Waals surface area (Å²) in [6, 6.07) is 13.3. The van der Waals surface area contributed by atoms with E-state index in [4.69, 9.17) is 11.6 Å². The van der Waals surface area contributed by atoms with Gasteiger partial charge in [-0.1, -0.05) is 23.7 Å². The zero-order chi connectivity index (χ0) is 17.9. The van der Waals surface area contributed by atoms with Gasteiger partial charge in [-0.05, 0) is 49.2 Å². The van der Waals surface area contributed by atoms with Crippen LogP contribution in [0.5, 0.6) is 0 Å². The molecule has 0 atom stereocenters. The third-order valence-electron chi connectivity index (χ3n) is 4.19. The van der Waals surface area contributed by atoms with Crippen molar-refractivity contribution in [3.63, 3.8) is 0 Å². The largest absolute Gasteiger partial charge is 0.376 e. The number of Topliss-reactive ketones (excluding diaryl/α,β-unsaturated/α-hetero) is 1. The van der Waals surface area contributed by atoms with Crippen molar-refractivity contribution in [2.24, 2.45) is 0 Å². The SMILES string of the molecule is O=C(CNc1ccccc1Cl)c1ccc(S(=O)(=O)N2CCCC2)cc1. The minimum atomic E-state index is -3.45. The first kappa shape index (κ1) is 17.9. The lowest BCUT2D eigenvalue weighted by molar-refractivity contribution is 0.101. The molecule has 7 heteroatoms. The molecule has 2 aromatic carbocycles. The fourth-order valence-electron chi connectivity index (χ4n) is 2.77. The molecule has 0 aliphatic carbocycles. The van der Waals surface area contributed by atoms with E-state index in [0.717, 1.165) is 12.8 Å². The number of nitrogens with zero attached hydrogens (tertiary/aromatic N) is 1. The maximum absolute atomic E-state index is 12.5. The van der Waals surface area contributed by atoms with Crippen molar-refractivity contribution in [2.45, 2.75) is 17.7 Å². The number of para-hydroxylation sites is 1. The highest BCUT2D eigenvalue weighted by molar-refractivity contribution is 7.89. The Hall–Kier alpha value is -1.89. The van der Waals surface area contributed by atoms with Crippen LogP contribution in [-0.4, -0.2) is 38.1 Å². The van der Waals surface area contributed by atoms with Gasteiger partial charge >= 0.3 is 0 Å². The van der Waals surface area contributed by atoms with Crippen LogP contribution in [0.3, 0.4) is 0 Å². The van der Waals surface area contributed by atoms with E-state index in [1.807, 2.05) is 12.1 Å². The Balaban J connectivity index is 1.67. The van der Waals surface area contributed by atoms with Gasteiger partial charge in [0.2, 0.25) is 10.0 Å². The molecule has 0 amide bonds. The van der Waals surface area contributed by atoms with Crippen molar-refractivity contribution in [1.29, 1.82) is 0 Å². The van der Waals surface area contributed by atoms with Gasteiger partial charge in [-0.25, -0.2) is 8.42 Å². The number of sulfonamides is 1. The molecule has 0 aromatic heterocycles. The normalized spacial score (nSPS) is 15.2. The summed E-state index contributed by atoms with van der Waals surface area (Å²) in [7, 11) is -3.45. The maximum Gasteiger partial charge on any atom is 0.243 e. The highest BCUT2D eigenvalue weighted by atomic mass is 35.5. The van der Waals surface area contributed by atoms with E-state index in [0.29, 0.717) is 29.4 Å². The quantitative estimate of drug-likeness (QED) is 0.782. The number of halogens is 1. The Kier molecular flexibility index (Phi) is 5.42. The minimum Gasteiger partial charge on any atom is -0.376 e. The zero-order valence-corrected chi connectivity index (χ0v) is 15.2. The maximum atomic E-state index is 12.5. The van der Waals surface area contributed by atoms with Crippen molar-refractivity contribution >= 4 is 33.1 Å². The summed E-state index contributed by atoms with van der Waals surface area (Å²) in [5.41, 5.74) is 1.14. The molecule has 1 fully saturated rings. The van der Waals surface area contributed by atoms with Gasteiger partial charge in [-0.15, -0.1) is 0 Å². The molecule has 1 N–H and O–H groups in total. The first-order valence-electron chi connectivity index (χ1n) is 8.10. The van der Waals surface area contributed by atoms with Crippen LogP contribution in [0.1, 0.15) is 23.2 Å². The van der Waals surface area contributed by atoms with Crippen molar-refractivity contribution in [1.82, 2.24) is 4.31 Å². The van der Waals surface area contributed by atoms with Gasteiger partial charge in [0.15, 0.2) is 5.78 Å². The average molecular weight is 379 g/mol. The van der Waals surface area contributed by atoms with Crippen molar-refractivity contribution in [3.05, 3.63) is 59.1 Å². The Bertz CT molecular complexity index is 860. The van der Waals surface area contributed by atoms with Crippen LogP contribution in [-0.2, 0) is 10.0 Å². The van der Waals surface area contributed by atoms with Gasteiger partial charge in [0.1, 0.15) is 0 Å². The van der Waals surface area contributed by atoms with Gasteiger partial charge in [0.25, 0.3) is 0 Å². The monoisotopic (exact) mass is 378 g/mol. The Morgan fingerprint density at radius 2 is 1.68 bits per heavy atom. The summed E-state index contributed by atoms with van der Waals surface area (Å²) in [4.78, 5) is 12.5. The fourth-order valence-corrected chi connectivity index (χ4v) is 4.49. The van der Waals surface area contributed by atoms with Crippen LogP contribution in [0.2, 0.25) is 5.02 Å². The molecule has 0 unspecified atom stereocenters. The number of carbonyl (C=O) groups excluding carboxylic acids is 1. The number of hydrogen-bond acceptors (Lipinski definition) is 4. The van der Waals surface area contributed by atoms with Crippen LogP contribution >= 0.6 is 11.6 Å². The number of rotatable bonds is 6. The average Bonchev–Trinajstić information content (AvgIpc) is 3.16. The predicted octanol–water partition coefficient (Wildman–Crippen LogP) is 3.42. The Morgan fingerprint density at radius 1 is 1.04 bits per heavy atom. The van der Waals surface area contributed by atoms with Crippen molar-refractivity contribution in [3.8, 4) is 0 Å². The Labute approximate surface area is 152 Å². The summed E-state index contributed by atoms with van der Waals surface area (Å²) < 4.78 is 26.4. The smallest absolute Gasteiger partial charge is 0.243 e. The van der Waals surface area contributed by atoms with Crippen molar-refractivity contribution in [2.75, 3.05) is 25.0 Å². The van der Waals surface area contributed by atoms with Crippen LogP contribution in [0.15, 0.2) is 53.4 Å². The van der Waals surface area contributed by atoms with Gasteiger partial charge in [0, 0.05) is 18.7 Å². The number of ketones is 1. The van der Waals surface area contributed by atoms with Gasteiger partial charge in [-0.2, -0.15) is 4.31 Å². The molecule has 0 spiro atoms. The van der Waals surface area contributed by atoms with Crippen LogP contribution in [0, 0.1) is 0 Å². The summed E-state index contributed by atoms with van der Waals surface area (Å²) in [6.45, 7) is 1.21. The first-order valence-corrected chi connectivity index (χ1v) is 9.92. The third-order valence-corrected chi connectivity index (χ3v) is 6.43. The molecule has 0 saturated carbocycles. The molecular formula is C18H19ClN2O3S. The molecule has 1 aliphatic heterocycles. The van der Waals surface area contributed by atoms with E-state index < -0.39 is 10.0 Å². The van der Waals surface area contributed by atoms with Gasteiger partial charge in [-0.3, -0.25) is 4.79 Å². The van der Waals surface area contributed by atoms with Crippen LogP contribution in [0.25, 0.3) is 0 Å². The second-order valence-electron chi connectivity index (χ2n) is 5.89. The summed E-state index contributed by atoms with van der Waals surface area (Å²) in [6.07, 6.45) is 1.78. The fraction of sp³-hybridized carbons (Fsp3) is 0.278. The molecule has 1 saturated heterocycles. The second-order valence-corrected chi connectivity index (χ2v) is 8.24. The molecule has 2 aromatic rings. The highest BCUT2D eigenvalue weighted by Crippen LogP contribution is 2.22. The summed E-state index contributed by atoms with van der Waals surface area (Å²) >= 11 is 6.04. The second kappa shape index (κ2) is 7.56. The molecule has 0 bridgehead atoms. The van der Waals surface area contributed by atoms with E-state index in [1.54, 1.807) is 24.3 Å². The van der Waals surface area contributed by atoms with E-state index in [1.165, 1.54) is 16.4 Å². The lowest BCUT2D eigenvalue weighted by atomic mass is 10.1. The van der Waals surface area contributed by atoms with E-state index in [-0.39, 0.29) is 17.2 Å². The van der Waals surface area contributed by atoms with Gasteiger partial charge < -0.3 is 5.32 Å². The predicted molar refractivity (Wildman–Crippen MR) is 98.7 cm³/mol. The minimum absolute atomic E-state index is 0.0853. The lowest BCUT2D eigenvalue weighted by Gasteiger charge is -2.15. The van der Waals surface area contributed by atoms with Crippen LogP contribution in [0.4, 0.5) is 5.69 Å². The number of benzene rings is 2. The zero-order valence-electron chi connectivity index (χ0n) is 13.6. The molecular weight excluding hydrogens is 360 g/mol. The Morgan fingerprint density at radius 3 is 2.32 bits per heavy atom. The molecule has 1 aliphatic rings. The number of carbonyl (C=O) groups is 1. The van der Waals surface area contributed by atoms with Crippen molar-refractivity contribution < 1.29 is 13.2 Å². The molecule has 5 nitrogen and oxygen atoms in total. The standard InChI is InChI=1S/C18H19ClN2O3S/c19-16-5-1-2-6-17(16)20-13-18(22)14-7-9-15(10-8-14)25(23,24)21-11-3-4-12-21/h1-2,5-10,20H,3-4,11-13H2. The first-order chi connectivity index (χ1) is 12.0. The third kappa shape index (κ3) is 4.03. The highest BCUT2D eigenvalue weighted by Gasteiger charge is 2.27. The topological polar surface area (TPSA) is 66.5 Å². The van der Waals surface area contributed by atoms with E-state index >= 15 is 0 Å². The summed E-state index contributed by atoms with van der Waals surface area (Å²) in [5, 5.41) is 3.54. The van der Waals surface area contributed by atoms with Crippen LogP contribution < -0.4 is 5.32 Å². The summed E-state index contributed by atoms with van der Waals surface area (Å²) in [5.74, 6) is -0.134. The van der Waals surface area contributed by atoms with E-state index in [2.05, 4.69) is 5.32 Å². The lowest BCUT2D eigenvalue weighted by Crippen LogP contribution is -2.27. The number of hydrogen-bond donors (Lipinski definition) is 1. The molecule has 0 radical (unpaired) electrons.